The molecule has 0 spiro atoms. The van der Waals surface area contributed by atoms with E-state index in [-0.39, 0.29) is 6.73 Å². The zero-order valence-electron chi connectivity index (χ0n) is 10.6. The molecule has 0 saturated carbocycles. The number of fused-ring (bicyclic) bond motifs is 1. The highest BCUT2D eigenvalue weighted by molar-refractivity contribution is 7.85. The summed E-state index contributed by atoms with van der Waals surface area (Å²) in [7, 11) is -4.08. The van der Waals surface area contributed by atoms with Gasteiger partial charge in [-0.15, -0.1) is 0 Å². The SMILES string of the molecule is O=S(=O)(O)CN1COc2ccc(-c3ccccc3)cc21. The average molecular weight is 291 g/mol. The predicted octanol–water partition coefficient (Wildman–Crippen LogP) is 2.36. The van der Waals surface area contributed by atoms with Crippen molar-refractivity contribution in [1.29, 1.82) is 0 Å². The fraction of sp³-hybridized carbons (Fsp3) is 0.143. The summed E-state index contributed by atoms with van der Waals surface area (Å²) in [5.41, 5.74) is 2.67. The lowest BCUT2D eigenvalue weighted by molar-refractivity contribution is 0.349. The molecule has 0 atom stereocenters. The standard InChI is InChI=1S/C14H13NO4S/c16-20(17,18)10-15-9-19-14-7-6-12(8-13(14)15)11-4-2-1-3-5-11/h1-8H,9-10H2,(H,16,17,18). The highest BCUT2D eigenvalue weighted by atomic mass is 32.2. The number of ether oxygens (including phenoxy) is 1. The summed E-state index contributed by atoms with van der Waals surface area (Å²) in [5.74, 6) is 0.145. The number of hydrogen-bond donors (Lipinski definition) is 1. The minimum atomic E-state index is -4.08. The lowest BCUT2D eigenvalue weighted by Gasteiger charge is -2.14. The van der Waals surface area contributed by atoms with E-state index < -0.39 is 16.0 Å². The number of anilines is 1. The van der Waals surface area contributed by atoms with Gasteiger partial charge in [-0.1, -0.05) is 36.4 Å². The third kappa shape index (κ3) is 2.61. The summed E-state index contributed by atoms with van der Waals surface area (Å²) in [4.78, 5) is 1.48. The van der Waals surface area contributed by atoms with Crippen LogP contribution in [0, 0.1) is 0 Å². The molecule has 0 amide bonds. The lowest BCUT2D eigenvalue weighted by atomic mass is 10.0. The second-order valence-corrected chi connectivity index (χ2v) is 5.99. The van der Waals surface area contributed by atoms with Gasteiger partial charge >= 0.3 is 0 Å². The summed E-state index contributed by atoms with van der Waals surface area (Å²) < 4.78 is 36.4. The maximum atomic E-state index is 11.0. The van der Waals surface area contributed by atoms with Crippen LogP contribution in [-0.2, 0) is 10.1 Å². The van der Waals surface area contributed by atoms with E-state index in [1.807, 2.05) is 48.5 Å². The lowest BCUT2D eigenvalue weighted by Crippen LogP contribution is -2.28. The molecule has 0 aliphatic carbocycles. The Kier molecular flexibility index (Phi) is 3.11. The normalized spacial score (nSPS) is 13.9. The molecule has 0 bridgehead atoms. The molecule has 0 fully saturated rings. The van der Waals surface area contributed by atoms with Gasteiger partial charge in [-0.25, -0.2) is 0 Å². The Labute approximate surface area is 117 Å². The molecule has 2 aromatic carbocycles. The fourth-order valence-electron chi connectivity index (χ4n) is 2.22. The molecule has 1 heterocycles. The van der Waals surface area contributed by atoms with Crippen LogP contribution >= 0.6 is 0 Å². The second-order valence-electron chi connectivity index (χ2n) is 4.57. The van der Waals surface area contributed by atoms with Crippen LogP contribution in [0.4, 0.5) is 5.69 Å². The van der Waals surface area contributed by atoms with Gasteiger partial charge in [-0.05, 0) is 23.3 Å². The number of rotatable bonds is 3. The van der Waals surface area contributed by atoms with Gasteiger partial charge in [0.05, 0.1) is 5.69 Å². The van der Waals surface area contributed by atoms with Crippen LogP contribution in [0.1, 0.15) is 0 Å². The Bertz CT molecular complexity index is 728. The number of hydrogen-bond acceptors (Lipinski definition) is 4. The van der Waals surface area contributed by atoms with Crippen LogP contribution in [0.2, 0.25) is 0 Å². The van der Waals surface area contributed by atoms with Crippen LogP contribution in [0.5, 0.6) is 5.75 Å². The third-order valence-corrected chi connectivity index (χ3v) is 3.74. The fourth-order valence-corrected chi connectivity index (χ4v) is 2.82. The molecule has 20 heavy (non-hydrogen) atoms. The summed E-state index contributed by atoms with van der Waals surface area (Å²) in [5, 5.41) is 0. The molecule has 104 valence electrons. The van der Waals surface area contributed by atoms with Crippen molar-refractivity contribution >= 4 is 15.8 Å². The highest BCUT2D eigenvalue weighted by Crippen LogP contribution is 2.37. The van der Waals surface area contributed by atoms with E-state index in [1.165, 1.54) is 4.90 Å². The van der Waals surface area contributed by atoms with Gasteiger partial charge in [0.2, 0.25) is 0 Å². The maximum Gasteiger partial charge on any atom is 0.283 e. The molecule has 0 aromatic heterocycles. The van der Waals surface area contributed by atoms with E-state index in [9.17, 15) is 8.42 Å². The first kappa shape index (κ1) is 13.0. The van der Waals surface area contributed by atoms with Gasteiger partial charge in [-0.3, -0.25) is 4.55 Å². The van der Waals surface area contributed by atoms with Crippen LogP contribution in [-0.4, -0.2) is 25.6 Å². The van der Waals surface area contributed by atoms with Crippen molar-refractivity contribution in [2.75, 3.05) is 17.5 Å². The Morgan fingerprint density at radius 3 is 2.55 bits per heavy atom. The average Bonchev–Trinajstić information content (AvgIpc) is 2.80. The topological polar surface area (TPSA) is 66.8 Å². The van der Waals surface area contributed by atoms with Gasteiger partial charge in [0.25, 0.3) is 10.1 Å². The van der Waals surface area contributed by atoms with Crippen molar-refractivity contribution in [3.05, 3.63) is 48.5 Å². The van der Waals surface area contributed by atoms with Crippen molar-refractivity contribution in [2.24, 2.45) is 0 Å². The van der Waals surface area contributed by atoms with Crippen molar-refractivity contribution in [3.8, 4) is 16.9 Å². The monoisotopic (exact) mass is 291 g/mol. The molecule has 2 aromatic rings. The number of nitrogens with zero attached hydrogens (tertiary/aromatic N) is 1. The van der Waals surface area contributed by atoms with E-state index in [1.54, 1.807) is 0 Å². The van der Waals surface area contributed by atoms with Crippen LogP contribution in [0.25, 0.3) is 11.1 Å². The number of benzene rings is 2. The summed E-state index contributed by atoms with van der Waals surface area (Å²) >= 11 is 0. The molecule has 3 rings (SSSR count). The van der Waals surface area contributed by atoms with E-state index in [0.717, 1.165) is 11.1 Å². The highest BCUT2D eigenvalue weighted by Gasteiger charge is 2.24. The molecule has 6 heteroatoms. The van der Waals surface area contributed by atoms with Crippen LogP contribution < -0.4 is 9.64 Å². The van der Waals surface area contributed by atoms with Crippen molar-refractivity contribution in [3.63, 3.8) is 0 Å². The molecular formula is C14H13NO4S. The maximum absolute atomic E-state index is 11.0. The second kappa shape index (κ2) is 4.81. The first-order chi connectivity index (χ1) is 9.53. The van der Waals surface area contributed by atoms with Gasteiger partial charge in [-0.2, -0.15) is 8.42 Å². The van der Waals surface area contributed by atoms with Crippen LogP contribution in [0.3, 0.4) is 0 Å². The van der Waals surface area contributed by atoms with E-state index in [4.69, 9.17) is 9.29 Å². The molecule has 0 unspecified atom stereocenters. The largest absolute Gasteiger partial charge is 0.471 e. The Morgan fingerprint density at radius 2 is 1.85 bits per heavy atom. The summed E-state index contributed by atoms with van der Waals surface area (Å²) in [6.07, 6.45) is 0. The molecule has 5 nitrogen and oxygen atoms in total. The molecule has 1 N–H and O–H groups in total. The van der Waals surface area contributed by atoms with Crippen molar-refractivity contribution in [2.45, 2.75) is 0 Å². The zero-order chi connectivity index (χ0) is 14.2. The Balaban J connectivity index is 1.98. The molecule has 0 saturated heterocycles. The van der Waals surface area contributed by atoms with E-state index >= 15 is 0 Å². The van der Waals surface area contributed by atoms with E-state index in [0.29, 0.717) is 11.4 Å². The van der Waals surface area contributed by atoms with E-state index in [2.05, 4.69) is 0 Å². The minimum Gasteiger partial charge on any atom is -0.471 e. The van der Waals surface area contributed by atoms with Gasteiger partial charge < -0.3 is 9.64 Å². The van der Waals surface area contributed by atoms with Gasteiger partial charge in [0.15, 0.2) is 6.73 Å². The Hall–Kier alpha value is -2.05. The third-order valence-electron chi connectivity index (χ3n) is 3.10. The minimum absolute atomic E-state index is 0.118. The van der Waals surface area contributed by atoms with Crippen LogP contribution in [0.15, 0.2) is 48.5 Å². The smallest absolute Gasteiger partial charge is 0.283 e. The molecule has 1 aliphatic rings. The first-order valence-corrected chi connectivity index (χ1v) is 7.66. The molecular weight excluding hydrogens is 278 g/mol. The first-order valence-electron chi connectivity index (χ1n) is 6.05. The molecule has 0 radical (unpaired) electrons. The summed E-state index contributed by atoms with van der Waals surface area (Å²) in [6.45, 7) is 0.118. The molecule has 1 aliphatic heterocycles. The predicted molar refractivity (Wildman–Crippen MR) is 76.3 cm³/mol. The van der Waals surface area contributed by atoms with Gasteiger partial charge in [0.1, 0.15) is 11.6 Å². The van der Waals surface area contributed by atoms with Crippen molar-refractivity contribution < 1.29 is 17.7 Å². The quantitative estimate of drug-likeness (QED) is 0.879. The zero-order valence-corrected chi connectivity index (χ0v) is 11.4. The Morgan fingerprint density at radius 1 is 1.10 bits per heavy atom. The van der Waals surface area contributed by atoms with Crippen molar-refractivity contribution in [1.82, 2.24) is 0 Å². The summed E-state index contributed by atoms with van der Waals surface area (Å²) in [6, 6.07) is 15.4. The van der Waals surface area contributed by atoms with Gasteiger partial charge in [0, 0.05) is 0 Å².